The Labute approximate surface area is 123 Å². The number of carbonyl (C=O) groups excluding carboxylic acids is 1. The van der Waals surface area contributed by atoms with Gasteiger partial charge in [-0.2, -0.15) is 15.0 Å². The highest BCUT2D eigenvalue weighted by molar-refractivity contribution is 6.28. The molecule has 0 radical (unpaired) electrons. The van der Waals surface area contributed by atoms with Gasteiger partial charge in [0.05, 0.1) is 6.54 Å². The van der Waals surface area contributed by atoms with Crippen molar-refractivity contribution < 1.29 is 4.79 Å². The molecule has 7 nitrogen and oxygen atoms in total. The van der Waals surface area contributed by atoms with E-state index in [-0.39, 0.29) is 17.7 Å². The number of hydrogen-bond donors (Lipinski definition) is 2. The van der Waals surface area contributed by atoms with Gasteiger partial charge < -0.3 is 15.5 Å². The van der Waals surface area contributed by atoms with Crippen molar-refractivity contribution in [2.75, 3.05) is 29.9 Å². The lowest BCUT2D eigenvalue weighted by Crippen LogP contribution is -2.32. The van der Waals surface area contributed by atoms with Crippen molar-refractivity contribution in [1.82, 2.24) is 20.3 Å². The molecule has 0 saturated heterocycles. The van der Waals surface area contributed by atoms with Crippen molar-refractivity contribution in [2.45, 2.75) is 32.7 Å². The van der Waals surface area contributed by atoms with Gasteiger partial charge in [-0.15, -0.1) is 0 Å². The molecule has 1 amide bonds. The van der Waals surface area contributed by atoms with Gasteiger partial charge in [0.15, 0.2) is 0 Å². The predicted molar refractivity (Wildman–Crippen MR) is 78.1 cm³/mol. The van der Waals surface area contributed by atoms with E-state index in [0.29, 0.717) is 17.9 Å². The molecule has 8 heteroatoms. The first-order valence-corrected chi connectivity index (χ1v) is 7.20. The summed E-state index contributed by atoms with van der Waals surface area (Å²) < 4.78 is 0. The first kappa shape index (κ1) is 14.8. The molecule has 0 aliphatic heterocycles. The summed E-state index contributed by atoms with van der Waals surface area (Å²) in [5.41, 5.74) is 0. The van der Waals surface area contributed by atoms with Crippen LogP contribution in [0.1, 0.15) is 26.7 Å². The Morgan fingerprint density at radius 2 is 2.00 bits per heavy atom. The van der Waals surface area contributed by atoms with Crippen molar-refractivity contribution >= 4 is 29.4 Å². The molecular weight excluding hydrogens is 280 g/mol. The molecule has 110 valence electrons. The molecule has 0 atom stereocenters. The summed E-state index contributed by atoms with van der Waals surface area (Å²) in [6, 6.07) is 0.345. The molecule has 1 heterocycles. The molecule has 2 rings (SSSR count). The van der Waals surface area contributed by atoms with Gasteiger partial charge >= 0.3 is 0 Å². The van der Waals surface area contributed by atoms with Gasteiger partial charge in [0.2, 0.25) is 23.1 Å². The molecule has 1 aliphatic carbocycles. The predicted octanol–water partition coefficient (Wildman–Crippen LogP) is 1.06. The fraction of sp³-hybridized carbons (Fsp3) is 0.667. The Kier molecular flexibility index (Phi) is 4.94. The van der Waals surface area contributed by atoms with Crippen LogP contribution >= 0.6 is 11.6 Å². The summed E-state index contributed by atoms with van der Waals surface area (Å²) in [5.74, 6) is 0.770. The van der Waals surface area contributed by atoms with E-state index in [1.807, 2.05) is 18.7 Å². The minimum absolute atomic E-state index is 0.0616. The van der Waals surface area contributed by atoms with Crippen LogP contribution in [0.2, 0.25) is 5.28 Å². The second kappa shape index (κ2) is 6.69. The summed E-state index contributed by atoms with van der Waals surface area (Å²) >= 11 is 5.89. The van der Waals surface area contributed by atoms with Crippen LogP contribution in [0.5, 0.6) is 0 Å². The van der Waals surface area contributed by atoms with Crippen LogP contribution in [0.3, 0.4) is 0 Å². The SMILES string of the molecule is CCN(CC)c1nc(Cl)nc(NCC(=O)NC2CC2)n1. The smallest absolute Gasteiger partial charge is 0.239 e. The van der Waals surface area contributed by atoms with E-state index >= 15 is 0 Å². The molecule has 1 saturated carbocycles. The van der Waals surface area contributed by atoms with Crippen LogP contribution in [-0.4, -0.2) is 46.5 Å². The number of carbonyl (C=O) groups is 1. The topological polar surface area (TPSA) is 83.0 Å². The van der Waals surface area contributed by atoms with E-state index in [4.69, 9.17) is 11.6 Å². The van der Waals surface area contributed by atoms with Crippen molar-refractivity contribution in [3.63, 3.8) is 0 Å². The Balaban J connectivity index is 1.97. The van der Waals surface area contributed by atoms with Crippen LogP contribution in [0.15, 0.2) is 0 Å². The fourth-order valence-electron chi connectivity index (χ4n) is 1.73. The lowest BCUT2D eigenvalue weighted by Gasteiger charge is -2.18. The average Bonchev–Trinajstić information content (AvgIpc) is 3.21. The van der Waals surface area contributed by atoms with E-state index in [0.717, 1.165) is 25.9 Å². The van der Waals surface area contributed by atoms with E-state index < -0.39 is 0 Å². The van der Waals surface area contributed by atoms with E-state index in [1.54, 1.807) is 0 Å². The molecule has 0 bridgehead atoms. The number of nitrogens with zero attached hydrogens (tertiary/aromatic N) is 4. The quantitative estimate of drug-likeness (QED) is 0.783. The lowest BCUT2D eigenvalue weighted by atomic mass is 10.5. The first-order chi connectivity index (χ1) is 9.62. The summed E-state index contributed by atoms with van der Waals surface area (Å²) in [4.78, 5) is 25.9. The molecular formula is C12H19ClN6O. The zero-order chi connectivity index (χ0) is 14.5. The molecule has 0 unspecified atom stereocenters. The van der Waals surface area contributed by atoms with Crippen LogP contribution in [0, 0.1) is 0 Å². The number of amides is 1. The van der Waals surface area contributed by atoms with Gasteiger partial charge in [-0.3, -0.25) is 4.79 Å². The van der Waals surface area contributed by atoms with Crippen LogP contribution in [0.4, 0.5) is 11.9 Å². The maximum atomic E-state index is 11.6. The van der Waals surface area contributed by atoms with Crippen molar-refractivity contribution in [2.24, 2.45) is 0 Å². The molecule has 1 aliphatic rings. The number of anilines is 2. The molecule has 1 aromatic heterocycles. The number of aromatic nitrogens is 3. The average molecular weight is 299 g/mol. The van der Waals surface area contributed by atoms with Crippen LogP contribution in [-0.2, 0) is 4.79 Å². The molecule has 1 fully saturated rings. The zero-order valence-corrected chi connectivity index (χ0v) is 12.4. The monoisotopic (exact) mass is 298 g/mol. The second-order valence-corrected chi connectivity index (χ2v) is 4.93. The summed E-state index contributed by atoms with van der Waals surface area (Å²) in [5, 5.41) is 5.88. The van der Waals surface area contributed by atoms with E-state index in [2.05, 4.69) is 25.6 Å². The van der Waals surface area contributed by atoms with Gasteiger partial charge in [0.1, 0.15) is 0 Å². The third kappa shape index (κ3) is 4.19. The van der Waals surface area contributed by atoms with Crippen molar-refractivity contribution in [3.05, 3.63) is 5.28 Å². The largest absolute Gasteiger partial charge is 0.352 e. The number of nitrogens with one attached hydrogen (secondary N) is 2. The Bertz CT molecular complexity index is 475. The minimum Gasteiger partial charge on any atom is -0.352 e. The summed E-state index contributed by atoms with van der Waals surface area (Å²) in [6.07, 6.45) is 2.13. The lowest BCUT2D eigenvalue weighted by molar-refractivity contribution is -0.119. The van der Waals surface area contributed by atoms with Crippen LogP contribution < -0.4 is 15.5 Å². The third-order valence-electron chi connectivity index (χ3n) is 2.99. The van der Waals surface area contributed by atoms with Gasteiger partial charge in [-0.25, -0.2) is 0 Å². The summed E-state index contributed by atoms with van der Waals surface area (Å²) in [6.45, 7) is 5.71. The standard InChI is InChI=1S/C12H19ClN6O/c1-3-19(4-2)12-17-10(13)16-11(18-12)14-7-9(20)15-8-5-6-8/h8H,3-7H2,1-2H3,(H,15,20)(H,14,16,17,18). The normalized spacial score (nSPS) is 13.9. The second-order valence-electron chi connectivity index (χ2n) is 4.60. The van der Waals surface area contributed by atoms with Gasteiger partial charge in [-0.05, 0) is 38.3 Å². The number of halogens is 1. The highest BCUT2D eigenvalue weighted by Gasteiger charge is 2.23. The first-order valence-electron chi connectivity index (χ1n) is 6.82. The molecule has 2 N–H and O–H groups in total. The maximum absolute atomic E-state index is 11.6. The molecule has 0 spiro atoms. The van der Waals surface area contributed by atoms with Crippen LogP contribution in [0.25, 0.3) is 0 Å². The maximum Gasteiger partial charge on any atom is 0.239 e. The van der Waals surface area contributed by atoms with Crippen molar-refractivity contribution in [1.29, 1.82) is 0 Å². The highest BCUT2D eigenvalue weighted by atomic mass is 35.5. The van der Waals surface area contributed by atoms with Gasteiger partial charge in [0.25, 0.3) is 0 Å². The Morgan fingerprint density at radius 3 is 2.60 bits per heavy atom. The van der Waals surface area contributed by atoms with Crippen molar-refractivity contribution in [3.8, 4) is 0 Å². The van der Waals surface area contributed by atoms with Gasteiger partial charge in [-0.1, -0.05) is 0 Å². The fourth-order valence-corrected chi connectivity index (χ4v) is 1.89. The summed E-state index contributed by atoms with van der Waals surface area (Å²) in [7, 11) is 0. The van der Waals surface area contributed by atoms with E-state index in [9.17, 15) is 4.79 Å². The Hall–Kier alpha value is -1.63. The zero-order valence-electron chi connectivity index (χ0n) is 11.7. The van der Waals surface area contributed by atoms with Gasteiger partial charge in [0, 0.05) is 19.1 Å². The minimum atomic E-state index is -0.0616. The highest BCUT2D eigenvalue weighted by Crippen LogP contribution is 2.18. The Morgan fingerprint density at radius 1 is 1.30 bits per heavy atom. The molecule has 1 aromatic rings. The number of hydrogen-bond acceptors (Lipinski definition) is 6. The van der Waals surface area contributed by atoms with E-state index in [1.165, 1.54) is 0 Å². The molecule has 20 heavy (non-hydrogen) atoms. The third-order valence-corrected chi connectivity index (χ3v) is 3.16. The number of rotatable bonds is 7. The molecule has 0 aromatic carbocycles.